The summed E-state index contributed by atoms with van der Waals surface area (Å²) in [4.78, 5) is 10.7. The first-order chi connectivity index (χ1) is 8.92. The van der Waals surface area contributed by atoms with Gasteiger partial charge in [-0.3, -0.25) is 0 Å². The van der Waals surface area contributed by atoms with Crippen molar-refractivity contribution in [2.24, 2.45) is 11.8 Å². The second-order valence-electron chi connectivity index (χ2n) is 4.94. The number of carbonyl (C=O) groups is 1. The molecule has 0 amide bonds. The Morgan fingerprint density at radius 1 is 1.53 bits per heavy atom. The highest BCUT2D eigenvalue weighted by molar-refractivity contribution is 7.89. The first-order valence-electron chi connectivity index (χ1n) is 6.22. The van der Waals surface area contributed by atoms with Crippen LogP contribution in [0.2, 0.25) is 0 Å². The lowest BCUT2D eigenvalue weighted by atomic mass is 9.99. The molecule has 2 N–H and O–H groups in total. The quantitative estimate of drug-likeness (QED) is 0.873. The summed E-state index contributed by atoms with van der Waals surface area (Å²) in [6.45, 7) is 2.51. The largest absolute Gasteiger partial charge is 0.477 e. The minimum Gasteiger partial charge on any atom is -0.477 e. The van der Waals surface area contributed by atoms with Crippen molar-refractivity contribution in [3.8, 4) is 0 Å². The predicted molar refractivity (Wildman–Crippen MR) is 73.0 cm³/mol. The molecule has 7 heteroatoms. The fourth-order valence-corrected chi connectivity index (χ4v) is 4.84. The van der Waals surface area contributed by atoms with Crippen LogP contribution in [-0.2, 0) is 10.0 Å². The van der Waals surface area contributed by atoms with E-state index in [4.69, 9.17) is 5.11 Å². The Balaban J connectivity index is 2.10. The van der Waals surface area contributed by atoms with Crippen molar-refractivity contribution in [3.05, 3.63) is 16.3 Å². The molecule has 0 spiro atoms. The van der Waals surface area contributed by atoms with E-state index < -0.39 is 16.0 Å². The lowest BCUT2D eigenvalue weighted by Gasteiger charge is -2.15. The van der Waals surface area contributed by atoms with Crippen molar-refractivity contribution in [3.63, 3.8) is 0 Å². The minimum absolute atomic E-state index is 0.129. The van der Waals surface area contributed by atoms with Crippen LogP contribution < -0.4 is 4.72 Å². The molecule has 1 aromatic heterocycles. The molecular formula is C12H17NO4S2. The predicted octanol–water partition coefficient (Wildman–Crippen LogP) is 2.16. The maximum Gasteiger partial charge on any atom is 0.347 e. The van der Waals surface area contributed by atoms with Crippen LogP contribution in [0, 0.1) is 11.8 Å². The molecule has 19 heavy (non-hydrogen) atoms. The summed E-state index contributed by atoms with van der Waals surface area (Å²) in [7, 11) is -3.72. The summed E-state index contributed by atoms with van der Waals surface area (Å²) in [5.41, 5.74) is 0. The fourth-order valence-electron chi connectivity index (χ4n) is 2.49. The third-order valence-corrected chi connectivity index (χ3v) is 6.19. The van der Waals surface area contributed by atoms with Crippen LogP contribution in [0.25, 0.3) is 0 Å². The lowest BCUT2D eigenvalue weighted by Crippen LogP contribution is -2.30. The van der Waals surface area contributed by atoms with Crippen molar-refractivity contribution < 1.29 is 18.3 Å². The Labute approximate surface area is 116 Å². The van der Waals surface area contributed by atoms with E-state index in [-0.39, 0.29) is 9.77 Å². The van der Waals surface area contributed by atoms with Crippen LogP contribution >= 0.6 is 11.3 Å². The van der Waals surface area contributed by atoms with Crippen molar-refractivity contribution in [1.29, 1.82) is 0 Å². The van der Waals surface area contributed by atoms with Crippen LogP contribution in [0.5, 0.6) is 0 Å². The fraction of sp³-hybridized carbons (Fsp3) is 0.583. The molecule has 1 fully saturated rings. The maximum absolute atomic E-state index is 12.1. The maximum atomic E-state index is 12.1. The summed E-state index contributed by atoms with van der Waals surface area (Å²) in [5.74, 6) is -0.338. The Morgan fingerprint density at radius 2 is 2.26 bits per heavy atom. The smallest absolute Gasteiger partial charge is 0.347 e. The molecule has 1 aromatic rings. The Hall–Kier alpha value is -0.920. The first-order valence-corrected chi connectivity index (χ1v) is 8.58. The third-order valence-electron chi connectivity index (χ3n) is 3.69. The summed E-state index contributed by atoms with van der Waals surface area (Å²) in [6, 6.07) is 1.34. The van der Waals surface area contributed by atoms with Gasteiger partial charge in [0.15, 0.2) is 0 Å². The van der Waals surface area contributed by atoms with E-state index in [2.05, 4.69) is 11.6 Å². The highest BCUT2D eigenvalue weighted by Gasteiger charge is 2.27. The average Bonchev–Trinajstić information content (AvgIpc) is 2.95. The molecule has 0 radical (unpaired) electrons. The summed E-state index contributed by atoms with van der Waals surface area (Å²) < 4.78 is 26.8. The standard InChI is InChI=1S/C12H17NO4S2/c1-8-3-2-4-9(8)7-13-19(16,17)10-5-6-18-11(10)12(14)15/h5-6,8-9,13H,2-4,7H2,1H3,(H,14,15). The minimum atomic E-state index is -3.72. The molecule has 106 valence electrons. The van der Waals surface area contributed by atoms with Crippen LogP contribution in [0.4, 0.5) is 0 Å². The summed E-state index contributed by atoms with van der Waals surface area (Å²) >= 11 is 0.924. The Bertz CT molecular complexity index is 564. The SMILES string of the molecule is CC1CCCC1CNS(=O)(=O)c1ccsc1C(=O)O. The number of hydrogen-bond donors (Lipinski definition) is 2. The molecule has 0 aliphatic heterocycles. The number of aromatic carboxylic acids is 1. The van der Waals surface area contributed by atoms with E-state index in [1.165, 1.54) is 11.4 Å². The van der Waals surface area contributed by atoms with Gasteiger partial charge < -0.3 is 5.11 Å². The van der Waals surface area contributed by atoms with Gasteiger partial charge in [-0.15, -0.1) is 11.3 Å². The summed E-state index contributed by atoms with van der Waals surface area (Å²) in [5, 5.41) is 10.4. The zero-order valence-electron chi connectivity index (χ0n) is 10.6. The highest BCUT2D eigenvalue weighted by Crippen LogP contribution is 2.31. The monoisotopic (exact) mass is 303 g/mol. The second-order valence-corrected chi connectivity index (χ2v) is 7.59. The van der Waals surface area contributed by atoms with Gasteiger partial charge in [-0.25, -0.2) is 17.9 Å². The number of thiophene rings is 1. The molecule has 2 unspecified atom stereocenters. The number of nitrogens with one attached hydrogen (secondary N) is 1. The van der Waals surface area contributed by atoms with Crippen molar-refractivity contribution in [2.45, 2.75) is 31.1 Å². The van der Waals surface area contributed by atoms with Crippen molar-refractivity contribution in [2.75, 3.05) is 6.54 Å². The second kappa shape index (κ2) is 5.60. The van der Waals surface area contributed by atoms with E-state index in [0.717, 1.165) is 30.6 Å². The van der Waals surface area contributed by atoms with Gasteiger partial charge in [0.2, 0.25) is 10.0 Å². The molecule has 0 aromatic carbocycles. The van der Waals surface area contributed by atoms with E-state index in [1.54, 1.807) is 0 Å². The van der Waals surface area contributed by atoms with Crippen LogP contribution in [0.15, 0.2) is 16.3 Å². The Morgan fingerprint density at radius 3 is 2.84 bits per heavy atom. The topological polar surface area (TPSA) is 83.5 Å². The number of hydrogen-bond acceptors (Lipinski definition) is 4. The Kier molecular flexibility index (Phi) is 4.27. The van der Waals surface area contributed by atoms with Gasteiger partial charge in [0.05, 0.1) is 0 Å². The van der Waals surface area contributed by atoms with Crippen LogP contribution in [-0.4, -0.2) is 26.0 Å². The van der Waals surface area contributed by atoms with E-state index in [9.17, 15) is 13.2 Å². The molecule has 5 nitrogen and oxygen atoms in total. The number of sulfonamides is 1. The van der Waals surface area contributed by atoms with Gasteiger partial charge >= 0.3 is 5.97 Å². The number of rotatable bonds is 5. The van der Waals surface area contributed by atoms with E-state index >= 15 is 0 Å². The molecule has 1 saturated carbocycles. The normalized spacial score (nSPS) is 23.6. The van der Waals surface area contributed by atoms with Crippen molar-refractivity contribution >= 4 is 27.3 Å². The molecule has 2 atom stereocenters. The molecule has 2 rings (SSSR count). The average molecular weight is 303 g/mol. The molecule has 1 heterocycles. The molecule has 1 aliphatic rings. The third kappa shape index (κ3) is 3.16. The van der Waals surface area contributed by atoms with Crippen molar-refractivity contribution in [1.82, 2.24) is 4.72 Å². The van der Waals surface area contributed by atoms with Crippen LogP contribution in [0.1, 0.15) is 35.9 Å². The van der Waals surface area contributed by atoms with Crippen LogP contribution in [0.3, 0.4) is 0 Å². The van der Waals surface area contributed by atoms with Gasteiger partial charge in [0.1, 0.15) is 9.77 Å². The summed E-state index contributed by atoms with van der Waals surface area (Å²) in [6.07, 6.45) is 3.29. The highest BCUT2D eigenvalue weighted by atomic mass is 32.2. The van der Waals surface area contributed by atoms with Gasteiger partial charge in [0, 0.05) is 6.54 Å². The number of carboxylic acid groups (broad SMARTS) is 1. The van der Waals surface area contributed by atoms with E-state index in [0.29, 0.717) is 18.4 Å². The first kappa shape index (κ1) is 14.5. The van der Waals surface area contributed by atoms with Gasteiger partial charge in [0.25, 0.3) is 0 Å². The molecular weight excluding hydrogens is 286 g/mol. The van der Waals surface area contributed by atoms with Gasteiger partial charge in [-0.2, -0.15) is 0 Å². The van der Waals surface area contributed by atoms with Gasteiger partial charge in [-0.05, 0) is 29.7 Å². The zero-order valence-corrected chi connectivity index (χ0v) is 12.3. The molecule has 1 aliphatic carbocycles. The molecule has 0 bridgehead atoms. The molecule has 0 saturated heterocycles. The van der Waals surface area contributed by atoms with E-state index in [1.807, 2.05) is 0 Å². The van der Waals surface area contributed by atoms with Gasteiger partial charge in [-0.1, -0.05) is 19.8 Å². The zero-order chi connectivity index (χ0) is 14.0. The number of carboxylic acids is 1. The lowest BCUT2D eigenvalue weighted by molar-refractivity contribution is 0.0698.